The van der Waals surface area contributed by atoms with Crippen LogP contribution >= 0.6 is 0 Å². The van der Waals surface area contributed by atoms with Gasteiger partial charge in [-0.05, 0) is 89.7 Å². The second-order valence-electron chi connectivity index (χ2n) is 17.6. The number of hydrogen-bond donors (Lipinski definition) is 3. The van der Waals surface area contributed by atoms with Crippen LogP contribution < -0.4 is 22.2 Å². The third-order valence-electron chi connectivity index (χ3n) is 12.5. The van der Waals surface area contributed by atoms with E-state index in [1.54, 1.807) is 0 Å². The molecule has 3 heterocycles. The Kier molecular flexibility index (Phi) is 17.8. The first kappa shape index (κ1) is 45.6. The summed E-state index contributed by atoms with van der Waals surface area (Å²) in [5.74, 6) is 6.54. The van der Waals surface area contributed by atoms with Gasteiger partial charge in [0.1, 0.15) is 7.05 Å². The molecule has 0 spiro atoms. The second-order valence-corrected chi connectivity index (χ2v) is 17.6. The Morgan fingerprint density at radius 1 is 0.860 bits per heavy atom. The number of hydrazine groups is 1. The summed E-state index contributed by atoms with van der Waals surface area (Å²) in [4.78, 5) is 5.28. The summed E-state index contributed by atoms with van der Waals surface area (Å²) >= 11 is 0. The molecule has 0 radical (unpaired) electrons. The molecule has 2 unspecified atom stereocenters. The Morgan fingerprint density at radius 3 is 2.23 bits per heavy atom. The van der Waals surface area contributed by atoms with Gasteiger partial charge in [0.15, 0.2) is 5.71 Å². The van der Waals surface area contributed by atoms with E-state index in [4.69, 9.17) is 11.6 Å². The van der Waals surface area contributed by atoms with Crippen molar-refractivity contribution in [1.82, 2.24) is 9.91 Å². The van der Waals surface area contributed by atoms with Gasteiger partial charge in [0.2, 0.25) is 5.69 Å². The zero-order valence-corrected chi connectivity index (χ0v) is 36.9. The van der Waals surface area contributed by atoms with Gasteiger partial charge >= 0.3 is 0 Å². The quantitative estimate of drug-likeness (QED) is 0.0433. The van der Waals surface area contributed by atoms with Gasteiger partial charge in [-0.15, -0.1) is 0 Å². The minimum atomic E-state index is -0.0522. The summed E-state index contributed by atoms with van der Waals surface area (Å²) in [6.07, 6.45) is 30.4. The number of para-hydroxylation sites is 2. The molecular weight excluding hydrogens is 699 g/mol. The van der Waals surface area contributed by atoms with Crippen LogP contribution in [0, 0.1) is 0 Å². The number of piperidine rings is 1. The third kappa shape index (κ3) is 12.0. The summed E-state index contributed by atoms with van der Waals surface area (Å²) in [6.45, 7) is 20.3. The smallest absolute Gasteiger partial charge is 0.209 e. The summed E-state index contributed by atoms with van der Waals surface area (Å²) in [6, 6.07) is 18.9. The van der Waals surface area contributed by atoms with E-state index in [-0.39, 0.29) is 10.8 Å². The van der Waals surface area contributed by atoms with Crippen molar-refractivity contribution in [1.29, 1.82) is 0 Å². The molecule has 3 aliphatic heterocycles. The van der Waals surface area contributed by atoms with Crippen LogP contribution in [-0.2, 0) is 10.8 Å². The van der Waals surface area contributed by atoms with E-state index in [1.807, 2.05) is 11.2 Å². The van der Waals surface area contributed by atoms with Gasteiger partial charge in [-0.1, -0.05) is 127 Å². The molecule has 57 heavy (non-hydrogen) atoms. The van der Waals surface area contributed by atoms with Crippen LogP contribution in [0.3, 0.4) is 0 Å². The molecule has 7 nitrogen and oxygen atoms in total. The standard InChI is InChI=1S/C48H73N6.C2H5N/c1-8-9-10-12-22-34-53-38(2)25-24-27-40(53)37-52(50)36-39(49)26-15-11-13-23-35-54-44-31-21-19-29-42(44)48(5,6)46(54)33-17-14-16-32-45-47(3,4)41-28-18-20-30-43(41)51(45)7;1-2-3/h14,16-21,28-33,36,38,40H,8-13,15,22-27,34-35,37,49-50H2,1-7H3;2H,1,3H2/q+1;/b39-36-;. The minimum absolute atomic E-state index is 0.0183. The Balaban J connectivity index is 0.00000232. The van der Waals surface area contributed by atoms with E-state index >= 15 is 0 Å². The van der Waals surface area contributed by atoms with Gasteiger partial charge in [0, 0.05) is 71.6 Å². The lowest BCUT2D eigenvalue weighted by Gasteiger charge is -2.42. The van der Waals surface area contributed by atoms with Crippen LogP contribution in [0.25, 0.3) is 0 Å². The molecule has 0 amide bonds. The maximum atomic E-state index is 6.54. The second kappa shape index (κ2) is 22.2. The third-order valence-corrected chi connectivity index (χ3v) is 12.5. The van der Waals surface area contributed by atoms with Gasteiger partial charge in [0.05, 0.1) is 5.41 Å². The number of likely N-dealkylation sites (tertiary alicyclic amines) is 1. The van der Waals surface area contributed by atoms with Crippen molar-refractivity contribution in [3.63, 3.8) is 0 Å². The Hall–Kier alpha value is -4.07. The number of nitrogens with zero attached hydrogens (tertiary/aromatic N) is 4. The number of rotatable bonds is 19. The van der Waals surface area contributed by atoms with Crippen LogP contribution in [0.2, 0.25) is 0 Å². The zero-order chi connectivity index (χ0) is 41.4. The number of fused-ring (bicyclic) bond motifs is 2. The van der Waals surface area contributed by atoms with Gasteiger partial charge in [0.25, 0.3) is 0 Å². The SMILES string of the molecule is C=CN.CCCCCCCN1C(C)CCCC1CN(N)/C=C(\N)CCCCCCN1/C(=C/C=C/C=C/C2=[N+](C)c3ccccc3C2(C)C)C(C)(C)c2ccccc21. The van der Waals surface area contributed by atoms with Crippen LogP contribution in [0.15, 0.2) is 109 Å². The highest BCUT2D eigenvalue weighted by atomic mass is 15.4. The fraction of sp³-hybridized carbons (Fsp3) is 0.540. The van der Waals surface area contributed by atoms with E-state index in [1.165, 1.54) is 111 Å². The fourth-order valence-corrected chi connectivity index (χ4v) is 9.40. The van der Waals surface area contributed by atoms with Gasteiger partial charge < -0.3 is 21.4 Å². The first-order valence-electron chi connectivity index (χ1n) is 22.1. The first-order chi connectivity index (χ1) is 27.4. The number of allylic oxidation sites excluding steroid dienone is 7. The topological polar surface area (TPSA) is 90.8 Å². The van der Waals surface area contributed by atoms with Crippen molar-refractivity contribution in [2.45, 2.75) is 148 Å². The molecule has 6 N–H and O–H groups in total. The molecule has 2 aromatic rings. The predicted molar refractivity (Wildman–Crippen MR) is 247 cm³/mol. The Morgan fingerprint density at radius 2 is 1.51 bits per heavy atom. The highest BCUT2D eigenvalue weighted by Gasteiger charge is 2.42. The molecule has 0 aromatic heterocycles. The lowest BCUT2D eigenvalue weighted by Crippen LogP contribution is -2.51. The number of nitrogens with two attached hydrogens (primary N) is 3. The molecule has 0 aliphatic carbocycles. The van der Waals surface area contributed by atoms with Crippen LogP contribution in [0.4, 0.5) is 11.4 Å². The molecule has 2 atom stereocenters. The molecule has 7 heteroatoms. The van der Waals surface area contributed by atoms with E-state index in [2.05, 4.69) is 154 Å². The summed E-state index contributed by atoms with van der Waals surface area (Å²) < 4.78 is 2.33. The zero-order valence-electron chi connectivity index (χ0n) is 36.9. The van der Waals surface area contributed by atoms with Crippen molar-refractivity contribution in [3.8, 4) is 0 Å². The average Bonchev–Trinajstić information content (AvgIpc) is 3.51. The van der Waals surface area contributed by atoms with Crippen molar-refractivity contribution >= 4 is 17.1 Å². The predicted octanol–water partition coefficient (Wildman–Crippen LogP) is 10.7. The summed E-state index contributed by atoms with van der Waals surface area (Å²) in [5.41, 5.74) is 20.1. The molecule has 3 aliphatic rings. The number of anilines is 1. The molecule has 312 valence electrons. The number of benzene rings is 2. The van der Waals surface area contributed by atoms with E-state index in [0.717, 1.165) is 38.0 Å². The highest BCUT2D eigenvalue weighted by molar-refractivity contribution is 6.03. The summed E-state index contributed by atoms with van der Waals surface area (Å²) in [7, 11) is 2.18. The molecule has 0 bridgehead atoms. The largest absolute Gasteiger partial charge is 0.405 e. The maximum Gasteiger partial charge on any atom is 0.209 e. The van der Waals surface area contributed by atoms with Crippen LogP contribution in [0.5, 0.6) is 0 Å². The molecule has 2 aromatic carbocycles. The minimum Gasteiger partial charge on any atom is -0.405 e. The molecule has 0 saturated carbocycles. The molecular formula is C50H78N7+. The average molecular weight is 777 g/mol. The van der Waals surface area contributed by atoms with Gasteiger partial charge in [-0.25, -0.2) is 5.84 Å². The first-order valence-corrected chi connectivity index (χ1v) is 22.1. The Labute approximate surface area is 347 Å². The van der Waals surface area contributed by atoms with Crippen molar-refractivity contribution in [3.05, 3.63) is 120 Å². The number of unbranched alkanes of at least 4 members (excludes halogenated alkanes) is 7. The molecule has 5 rings (SSSR count). The van der Waals surface area contributed by atoms with Crippen molar-refractivity contribution in [2.24, 2.45) is 17.3 Å². The van der Waals surface area contributed by atoms with Crippen LogP contribution in [0.1, 0.15) is 136 Å². The lowest BCUT2D eigenvalue weighted by atomic mass is 9.81. The maximum absolute atomic E-state index is 6.54. The molecule has 1 saturated heterocycles. The van der Waals surface area contributed by atoms with Gasteiger partial charge in [-0.2, -0.15) is 4.58 Å². The monoisotopic (exact) mass is 777 g/mol. The number of hydrogen-bond acceptors (Lipinski definition) is 6. The lowest BCUT2D eigenvalue weighted by molar-refractivity contribution is -0.401. The molecule has 1 fully saturated rings. The Bertz CT molecular complexity index is 1730. The van der Waals surface area contributed by atoms with E-state index in [0.29, 0.717) is 12.1 Å². The van der Waals surface area contributed by atoms with E-state index < -0.39 is 0 Å². The van der Waals surface area contributed by atoms with Crippen molar-refractivity contribution in [2.75, 3.05) is 31.6 Å². The van der Waals surface area contributed by atoms with Crippen LogP contribution in [-0.4, -0.2) is 59.0 Å². The summed E-state index contributed by atoms with van der Waals surface area (Å²) in [5, 5.41) is 1.87. The van der Waals surface area contributed by atoms with Gasteiger partial charge in [-0.3, -0.25) is 4.90 Å². The highest BCUT2D eigenvalue weighted by Crippen LogP contribution is 2.47. The normalized spacial score (nSPS) is 20.9. The van der Waals surface area contributed by atoms with E-state index in [9.17, 15) is 0 Å². The van der Waals surface area contributed by atoms with Crippen molar-refractivity contribution < 1.29 is 4.58 Å². The fourth-order valence-electron chi connectivity index (χ4n) is 9.40.